The van der Waals surface area contributed by atoms with E-state index in [1.54, 1.807) is 0 Å². The molecule has 0 bridgehead atoms. The van der Waals surface area contributed by atoms with E-state index in [1.165, 1.54) is 44.9 Å². The molecule has 0 aliphatic heterocycles. The Labute approximate surface area is 150 Å². The monoisotopic (exact) mass is 345 g/mol. The molecule has 0 spiro atoms. The molecule has 0 fully saturated rings. The highest BCUT2D eigenvalue weighted by molar-refractivity contribution is 6.18. The molecule has 0 aromatic carbocycles. The largest absolute Gasteiger partial charge is 0.668 e. The first kappa shape index (κ1) is 25.2. The summed E-state index contributed by atoms with van der Waals surface area (Å²) in [5, 5.41) is 8.41. The van der Waals surface area contributed by atoms with Crippen LogP contribution in [0.4, 0.5) is 0 Å². The van der Waals surface area contributed by atoms with Crippen LogP contribution >= 0.6 is 0 Å². The van der Waals surface area contributed by atoms with Crippen molar-refractivity contribution in [3.63, 3.8) is 0 Å². The highest BCUT2D eigenvalue weighted by atomic mass is 27.2. The quantitative estimate of drug-likeness (QED) is 0.340. The number of hydrogen-bond donors (Lipinski definition) is 1. The molecule has 23 heavy (non-hydrogen) atoms. The molecule has 0 heterocycles. The van der Waals surface area contributed by atoms with Gasteiger partial charge in [-0.25, -0.2) is 0 Å². The third-order valence-electron chi connectivity index (χ3n) is 3.15. The van der Waals surface area contributed by atoms with E-state index >= 15 is 0 Å². The predicted octanol–water partition coefficient (Wildman–Crippen LogP) is 5.36. The lowest BCUT2D eigenvalue weighted by molar-refractivity contribution is -0.137. The van der Waals surface area contributed by atoms with Gasteiger partial charge >= 0.3 is 21.9 Å². The first-order valence-corrected chi connectivity index (χ1v) is 10.2. The van der Waals surface area contributed by atoms with Crippen molar-refractivity contribution in [1.82, 2.24) is 0 Å². The number of aliphatic carboxylic acids is 1. The summed E-state index contributed by atoms with van der Waals surface area (Å²) in [5.41, 5.74) is 0. The second-order valence-corrected chi connectivity index (χ2v) is 7.17. The van der Waals surface area contributed by atoms with Crippen molar-refractivity contribution < 1.29 is 17.5 Å². The summed E-state index contributed by atoms with van der Waals surface area (Å²) in [6.45, 7) is 10.3. The van der Waals surface area contributed by atoms with E-state index in [9.17, 15) is 4.79 Å². The molecule has 0 rings (SSSR count). The van der Waals surface area contributed by atoms with Gasteiger partial charge in [0.15, 0.2) is 0 Å². The van der Waals surface area contributed by atoms with E-state index in [4.69, 9.17) is 12.7 Å². The smallest absolute Gasteiger partial charge is 0.482 e. The molecule has 0 atom stereocenters. The molecule has 0 saturated carbocycles. The topological polar surface area (TPSA) is 55.8 Å². The fourth-order valence-electron chi connectivity index (χ4n) is 1.84. The normalized spacial score (nSPS) is 10.6. The first-order chi connectivity index (χ1) is 10.9. The average Bonchev–Trinajstić information content (AvgIpc) is 2.45. The Balaban J connectivity index is 0. The summed E-state index contributed by atoms with van der Waals surface area (Å²) in [4.78, 5) is 10.2. The molecule has 0 saturated heterocycles. The van der Waals surface area contributed by atoms with E-state index in [0.717, 1.165) is 12.8 Å². The molecule has 0 unspecified atom stereocenters. The van der Waals surface area contributed by atoms with Gasteiger partial charge in [0.05, 0.1) is 0 Å². The lowest BCUT2D eigenvalue weighted by Gasteiger charge is -2.09. The molecule has 5 heteroatoms. The van der Waals surface area contributed by atoms with Gasteiger partial charge in [0.25, 0.3) is 0 Å². The van der Waals surface area contributed by atoms with E-state index in [2.05, 4.69) is 6.92 Å². The minimum absolute atomic E-state index is 0.245. The Morgan fingerprint density at radius 3 is 1.57 bits per heavy atom. The van der Waals surface area contributed by atoms with Crippen LogP contribution in [0.1, 0.15) is 98.8 Å². The molecule has 1 radical (unpaired) electrons. The number of carboxylic acid groups (broad SMARTS) is 1. The van der Waals surface area contributed by atoms with Crippen LogP contribution in [-0.2, 0) is 12.4 Å². The Morgan fingerprint density at radius 1 is 0.826 bits per heavy atom. The van der Waals surface area contributed by atoms with Crippen LogP contribution in [0.25, 0.3) is 0 Å². The molecular formula is C18H38AlO4. The number of carbonyl (C=O) groups is 1. The van der Waals surface area contributed by atoms with Crippen molar-refractivity contribution in [1.29, 1.82) is 0 Å². The molecule has 0 aromatic heterocycles. The minimum atomic E-state index is -0.659. The lowest BCUT2D eigenvalue weighted by atomic mass is 10.1. The van der Waals surface area contributed by atoms with Gasteiger partial charge in [-0.2, -0.15) is 0 Å². The van der Waals surface area contributed by atoms with Crippen LogP contribution in [0.2, 0.25) is 0 Å². The zero-order valence-corrected chi connectivity index (χ0v) is 17.1. The molecule has 137 valence electrons. The SMILES string of the molecule is CC(C)[O][Al][O]C(C)C.CCCCCCCCCCCC(=O)O. The lowest BCUT2D eigenvalue weighted by Crippen LogP contribution is -2.14. The highest BCUT2D eigenvalue weighted by Crippen LogP contribution is 2.10. The maximum atomic E-state index is 10.2. The molecule has 1 N–H and O–H groups in total. The van der Waals surface area contributed by atoms with Gasteiger partial charge in [-0.1, -0.05) is 58.3 Å². The summed E-state index contributed by atoms with van der Waals surface area (Å²) in [6.07, 6.45) is 12.1. The summed E-state index contributed by atoms with van der Waals surface area (Å²) in [5.74, 6) is -0.659. The maximum absolute atomic E-state index is 10.2. The van der Waals surface area contributed by atoms with Crippen molar-refractivity contribution in [3.8, 4) is 0 Å². The van der Waals surface area contributed by atoms with Gasteiger partial charge in [0.2, 0.25) is 0 Å². The van der Waals surface area contributed by atoms with Crippen molar-refractivity contribution in [3.05, 3.63) is 0 Å². The predicted molar refractivity (Wildman–Crippen MR) is 97.7 cm³/mol. The van der Waals surface area contributed by atoms with Crippen molar-refractivity contribution >= 4 is 21.9 Å². The Bertz CT molecular complexity index is 237. The third kappa shape index (κ3) is 30.4. The van der Waals surface area contributed by atoms with Crippen LogP contribution < -0.4 is 0 Å². The van der Waals surface area contributed by atoms with E-state index in [-0.39, 0.29) is 15.9 Å². The van der Waals surface area contributed by atoms with Gasteiger partial charge in [-0.05, 0) is 34.1 Å². The summed E-state index contributed by atoms with van der Waals surface area (Å²) in [7, 11) is 0. The third-order valence-corrected chi connectivity index (χ3v) is 4.46. The van der Waals surface area contributed by atoms with Crippen molar-refractivity contribution in [2.75, 3.05) is 0 Å². The number of rotatable bonds is 14. The van der Waals surface area contributed by atoms with E-state index < -0.39 is 5.97 Å². The average molecular weight is 345 g/mol. The van der Waals surface area contributed by atoms with Crippen LogP contribution in [-0.4, -0.2) is 39.2 Å². The number of carboxylic acids is 1. The van der Waals surface area contributed by atoms with Crippen LogP contribution in [0.3, 0.4) is 0 Å². The van der Waals surface area contributed by atoms with Gasteiger partial charge in [-0.15, -0.1) is 0 Å². The van der Waals surface area contributed by atoms with Gasteiger partial charge in [0.1, 0.15) is 0 Å². The standard InChI is InChI=1S/C12H24O2.2C3H7O.Al/c1-2-3-4-5-6-7-8-9-10-11-12(13)14;2*1-3(2)4;/h2-11H2,1H3,(H,13,14);2*3H,1-2H3;/q;2*-1;+2. The Hall–Kier alpha value is -0.0775. The molecular weight excluding hydrogens is 307 g/mol. The van der Waals surface area contributed by atoms with Crippen molar-refractivity contribution in [2.24, 2.45) is 0 Å². The molecule has 0 aliphatic rings. The Morgan fingerprint density at radius 2 is 1.22 bits per heavy atom. The van der Waals surface area contributed by atoms with E-state index in [1.807, 2.05) is 27.7 Å². The molecule has 0 aliphatic carbocycles. The molecule has 4 nitrogen and oxygen atoms in total. The van der Waals surface area contributed by atoms with Crippen molar-refractivity contribution in [2.45, 2.75) is 111 Å². The molecule has 0 aromatic rings. The summed E-state index contributed by atoms with van der Waals surface area (Å²) < 4.78 is 10.4. The van der Waals surface area contributed by atoms with Gasteiger partial charge in [0, 0.05) is 18.6 Å². The van der Waals surface area contributed by atoms with Crippen LogP contribution in [0.5, 0.6) is 0 Å². The van der Waals surface area contributed by atoms with Crippen LogP contribution in [0, 0.1) is 0 Å². The number of hydrogen-bond acceptors (Lipinski definition) is 3. The zero-order chi connectivity index (χ0) is 17.9. The zero-order valence-electron chi connectivity index (χ0n) is 16.0. The Kier molecular flexibility index (Phi) is 21.8. The first-order valence-electron chi connectivity index (χ1n) is 9.24. The van der Waals surface area contributed by atoms with Gasteiger partial charge < -0.3 is 12.7 Å². The van der Waals surface area contributed by atoms with Gasteiger partial charge in [-0.3, -0.25) is 4.79 Å². The summed E-state index contributed by atoms with van der Waals surface area (Å²) >= 11 is -0.245. The summed E-state index contributed by atoms with van der Waals surface area (Å²) in [6, 6.07) is 0. The highest BCUT2D eigenvalue weighted by Gasteiger charge is 2.01. The molecule has 0 amide bonds. The fourth-order valence-corrected chi connectivity index (χ4v) is 2.35. The second kappa shape index (κ2) is 20.0. The number of unbranched alkanes of at least 4 members (excludes halogenated alkanes) is 8. The van der Waals surface area contributed by atoms with E-state index in [0.29, 0.717) is 18.6 Å². The van der Waals surface area contributed by atoms with Crippen LogP contribution in [0.15, 0.2) is 0 Å². The minimum Gasteiger partial charge on any atom is -0.482 e. The maximum Gasteiger partial charge on any atom is 0.668 e. The second-order valence-electron chi connectivity index (χ2n) is 6.44. The fraction of sp³-hybridized carbons (Fsp3) is 0.944.